The number of hydrogen-bond acceptors (Lipinski definition) is 5. The van der Waals surface area contributed by atoms with E-state index in [1.54, 1.807) is 6.20 Å². The van der Waals surface area contributed by atoms with Crippen LogP contribution in [0.4, 0.5) is 22.7 Å². The zero-order chi connectivity index (χ0) is 33.2. The number of pyridine rings is 2. The molecule has 4 heterocycles. The third-order valence-corrected chi connectivity index (χ3v) is 9.03. The van der Waals surface area contributed by atoms with Crippen molar-refractivity contribution in [1.29, 1.82) is 0 Å². The number of ether oxygens (including phenoxy) is 1. The van der Waals surface area contributed by atoms with Crippen LogP contribution >= 0.6 is 0 Å². The normalized spacial score (nSPS) is 12.8. The first kappa shape index (κ1) is 32.6. The Kier molecular flexibility index (Phi) is 8.32. The predicted molar refractivity (Wildman–Crippen MR) is 195 cm³/mol. The molecule has 0 unspecified atom stereocenters. The van der Waals surface area contributed by atoms with Gasteiger partial charge in [0.05, 0.1) is 0 Å². The first-order valence-corrected chi connectivity index (χ1v) is 16.2. The minimum atomic E-state index is -0.0108. The summed E-state index contributed by atoms with van der Waals surface area (Å²) in [5, 5.41) is 2.22. The van der Waals surface area contributed by atoms with Crippen molar-refractivity contribution in [2.45, 2.75) is 47.0 Å². The number of benzene rings is 4. The van der Waals surface area contributed by atoms with Crippen LogP contribution in [0.15, 0.2) is 103 Å². The molecule has 7 heteroatoms. The Morgan fingerprint density at radius 3 is 2.16 bits per heavy atom. The topological polar surface area (TPSA) is 46.4 Å². The van der Waals surface area contributed by atoms with Crippen LogP contribution in [0.25, 0.3) is 27.6 Å². The number of para-hydroxylation sites is 3. The van der Waals surface area contributed by atoms with E-state index in [1.165, 1.54) is 27.9 Å². The van der Waals surface area contributed by atoms with Gasteiger partial charge in [0.15, 0.2) is 0 Å². The van der Waals surface area contributed by atoms with E-state index in [0.29, 0.717) is 11.6 Å². The van der Waals surface area contributed by atoms with E-state index in [0.717, 1.165) is 44.7 Å². The molecule has 0 bridgehead atoms. The summed E-state index contributed by atoms with van der Waals surface area (Å²) in [4.78, 5) is 13.7. The van der Waals surface area contributed by atoms with Gasteiger partial charge in [-0.25, -0.2) is 4.98 Å². The smallest absolute Gasteiger partial charge is 0.135 e. The molecular weight excluding hydrogens is 786 g/mol. The van der Waals surface area contributed by atoms with Crippen molar-refractivity contribution in [2.24, 2.45) is 0 Å². The maximum Gasteiger partial charge on any atom is 0.135 e. The molecule has 0 saturated carbocycles. The maximum atomic E-state index is 6.39. The molecule has 0 atom stereocenters. The van der Waals surface area contributed by atoms with E-state index >= 15 is 0 Å². The van der Waals surface area contributed by atoms with Crippen LogP contribution in [-0.2, 0) is 26.5 Å². The molecule has 6 nitrogen and oxygen atoms in total. The fourth-order valence-electron chi connectivity index (χ4n) is 6.87. The van der Waals surface area contributed by atoms with Crippen LogP contribution in [-0.4, -0.2) is 14.5 Å². The standard InChI is InChI=1S/C42H36N5O.Pt/c1-27-21-28(2)41(29(3)22-27)46-26-45(36-13-9-10-14-37(36)46)31-18-20-44-40(24-31)48-32-15-16-34-33-11-7-8-12-35(33)47(38(34)25-32)39-23-30(17-19-43-39)42(4,5)6;/h7-23,26H,1-6H3;/q-3;. The van der Waals surface area contributed by atoms with Gasteiger partial charge in [0.2, 0.25) is 0 Å². The van der Waals surface area contributed by atoms with Crippen LogP contribution < -0.4 is 14.5 Å². The Morgan fingerprint density at radius 1 is 0.714 bits per heavy atom. The summed E-state index contributed by atoms with van der Waals surface area (Å²) in [7, 11) is 0. The molecule has 0 radical (unpaired) electrons. The molecule has 248 valence electrons. The Labute approximate surface area is 302 Å². The van der Waals surface area contributed by atoms with E-state index in [2.05, 4.69) is 159 Å². The molecule has 3 aromatic heterocycles. The van der Waals surface area contributed by atoms with Gasteiger partial charge in [0.1, 0.15) is 11.7 Å². The van der Waals surface area contributed by atoms with Gasteiger partial charge in [-0.15, -0.1) is 24.2 Å². The van der Waals surface area contributed by atoms with E-state index in [4.69, 9.17) is 9.72 Å². The van der Waals surface area contributed by atoms with Crippen LogP contribution in [0.3, 0.4) is 0 Å². The molecular formula is C42H36N5OPt-3. The molecule has 0 aliphatic carbocycles. The fraction of sp³-hybridized carbons (Fsp3) is 0.167. The molecule has 49 heavy (non-hydrogen) atoms. The Bertz CT molecular complexity index is 2330. The van der Waals surface area contributed by atoms with Gasteiger partial charge in [0, 0.05) is 55.6 Å². The number of aromatic nitrogens is 3. The van der Waals surface area contributed by atoms with E-state index < -0.39 is 0 Å². The van der Waals surface area contributed by atoms with Crippen LogP contribution in [0.2, 0.25) is 0 Å². The summed E-state index contributed by atoms with van der Waals surface area (Å²) in [5.41, 5.74) is 11.1. The zero-order valence-electron chi connectivity index (χ0n) is 28.4. The largest absolute Gasteiger partial charge is 0.503 e. The first-order chi connectivity index (χ1) is 23.2. The molecule has 1 aliphatic heterocycles. The summed E-state index contributed by atoms with van der Waals surface area (Å²) >= 11 is 0. The van der Waals surface area contributed by atoms with Gasteiger partial charge in [-0.1, -0.05) is 74.3 Å². The van der Waals surface area contributed by atoms with Crippen molar-refractivity contribution in [3.8, 4) is 17.4 Å². The summed E-state index contributed by atoms with van der Waals surface area (Å²) in [6, 6.07) is 38.5. The zero-order valence-corrected chi connectivity index (χ0v) is 30.6. The Morgan fingerprint density at radius 2 is 1.41 bits per heavy atom. The molecule has 7 aromatic rings. The number of anilines is 4. The van der Waals surface area contributed by atoms with Gasteiger partial charge in [0.25, 0.3) is 0 Å². The van der Waals surface area contributed by atoms with Crippen molar-refractivity contribution in [2.75, 3.05) is 9.80 Å². The van der Waals surface area contributed by atoms with Gasteiger partial charge >= 0.3 is 0 Å². The maximum absolute atomic E-state index is 6.39. The molecule has 1 aliphatic rings. The third-order valence-electron chi connectivity index (χ3n) is 9.03. The number of nitrogens with zero attached hydrogens (tertiary/aromatic N) is 5. The van der Waals surface area contributed by atoms with Gasteiger partial charge in [-0.2, -0.15) is 23.9 Å². The Hall–Kier alpha value is -4.93. The van der Waals surface area contributed by atoms with Gasteiger partial charge in [-0.3, -0.25) is 4.98 Å². The Balaban J connectivity index is 0.00000378. The minimum Gasteiger partial charge on any atom is -0.503 e. The number of rotatable bonds is 5. The van der Waals surface area contributed by atoms with E-state index in [1.807, 2.05) is 18.3 Å². The van der Waals surface area contributed by atoms with Crippen molar-refractivity contribution in [1.82, 2.24) is 14.5 Å². The van der Waals surface area contributed by atoms with Crippen LogP contribution in [0.1, 0.15) is 43.0 Å². The summed E-state index contributed by atoms with van der Waals surface area (Å²) < 4.78 is 8.56. The van der Waals surface area contributed by atoms with E-state index in [9.17, 15) is 0 Å². The molecule has 0 N–H and O–H groups in total. The predicted octanol–water partition coefficient (Wildman–Crippen LogP) is 10.6. The number of fused-ring (bicyclic) bond motifs is 4. The second kappa shape index (κ2) is 12.5. The van der Waals surface area contributed by atoms with Crippen molar-refractivity contribution >= 4 is 44.6 Å². The van der Waals surface area contributed by atoms with Gasteiger partial charge in [-0.05, 0) is 84.8 Å². The second-order valence-corrected chi connectivity index (χ2v) is 13.5. The van der Waals surface area contributed by atoms with Crippen molar-refractivity contribution in [3.05, 3.63) is 144 Å². The molecule has 4 aromatic carbocycles. The first-order valence-electron chi connectivity index (χ1n) is 16.2. The average molecular weight is 822 g/mol. The molecule has 0 fully saturated rings. The average Bonchev–Trinajstić information content (AvgIpc) is 3.60. The van der Waals surface area contributed by atoms with Gasteiger partial charge < -0.3 is 19.1 Å². The van der Waals surface area contributed by atoms with E-state index in [-0.39, 0.29) is 26.5 Å². The van der Waals surface area contributed by atoms with Crippen LogP contribution in [0, 0.1) is 39.6 Å². The molecule has 0 amide bonds. The summed E-state index contributed by atoms with van der Waals surface area (Å²) in [6.07, 6.45) is 3.65. The molecule has 0 saturated heterocycles. The number of aryl methyl sites for hydroxylation is 3. The second-order valence-electron chi connectivity index (χ2n) is 13.5. The summed E-state index contributed by atoms with van der Waals surface area (Å²) in [5.74, 6) is 1.77. The van der Waals surface area contributed by atoms with Crippen molar-refractivity contribution in [3.63, 3.8) is 0 Å². The monoisotopic (exact) mass is 821 g/mol. The number of hydrogen-bond donors (Lipinski definition) is 0. The van der Waals surface area contributed by atoms with Crippen molar-refractivity contribution < 1.29 is 25.8 Å². The molecule has 0 spiro atoms. The quantitative estimate of drug-likeness (QED) is 0.162. The van der Waals surface area contributed by atoms with Crippen LogP contribution in [0.5, 0.6) is 11.6 Å². The molecule has 8 rings (SSSR count). The summed E-state index contributed by atoms with van der Waals surface area (Å²) in [6.45, 7) is 15.3. The third kappa shape index (κ3) is 5.78. The SMILES string of the molecule is Cc1cc(C)c(N2[CH-]N(c3[c-]c(Oc4[c-]c5c(cc4)c4ccccc4n5-c4cc(C(C)(C)C)ccn4)ncc3)c3ccccc32)c(C)c1.[Pt]. The minimum absolute atomic E-state index is 0. The fourth-order valence-corrected chi connectivity index (χ4v) is 6.87.